The minimum absolute atomic E-state index is 0.0407. The lowest BCUT2D eigenvalue weighted by Crippen LogP contribution is -1.98. The van der Waals surface area contributed by atoms with Crippen molar-refractivity contribution in [1.29, 1.82) is 0 Å². The van der Waals surface area contributed by atoms with E-state index in [1.54, 1.807) is 13.2 Å². The van der Waals surface area contributed by atoms with Crippen molar-refractivity contribution < 1.29 is 14.9 Å². The van der Waals surface area contributed by atoms with E-state index in [0.29, 0.717) is 20.2 Å². The third-order valence-corrected chi connectivity index (χ3v) is 4.98. The van der Waals surface area contributed by atoms with E-state index in [0.717, 1.165) is 22.3 Å². The third kappa shape index (κ3) is 3.05. The van der Waals surface area contributed by atoms with Crippen LogP contribution >= 0.6 is 38.5 Å². The number of hydrogen-bond acceptors (Lipinski definition) is 3. The molecular formula is C16H16BrIO3. The number of aryl methyl sites for hydroxylation is 1. The molecule has 21 heavy (non-hydrogen) atoms. The van der Waals surface area contributed by atoms with Gasteiger partial charge < -0.3 is 14.9 Å². The van der Waals surface area contributed by atoms with E-state index in [4.69, 9.17) is 4.74 Å². The highest BCUT2D eigenvalue weighted by Crippen LogP contribution is 2.47. The summed E-state index contributed by atoms with van der Waals surface area (Å²) in [5, 5.41) is 20.8. The molecule has 0 aliphatic heterocycles. The van der Waals surface area contributed by atoms with Crippen molar-refractivity contribution in [3.05, 3.63) is 42.9 Å². The summed E-state index contributed by atoms with van der Waals surface area (Å²) in [5.41, 5.74) is 4.32. The largest absolute Gasteiger partial charge is 0.506 e. The van der Waals surface area contributed by atoms with Crippen molar-refractivity contribution in [2.24, 2.45) is 0 Å². The third-order valence-electron chi connectivity index (χ3n) is 3.55. The second-order valence-corrected chi connectivity index (χ2v) is 6.90. The predicted octanol–water partition coefficient (Wildman–Crippen LogP) is 4.90. The summed E-state index contributed by atoms with van der Waals surface area (Å²) in [6.45, 7) is 4.40. The summed E-state index contributed by atoms with van der Waals surface area (Å²) in [7, 11) is 1.63. The van der Waals surface area contributed by atoms with Gasteiger partial charge in [0.1, 0.15) is 11.5 Å². The van der Waals surface area contributed by atoms with Gasteiger partial charge in [-0.1, -0.05) is 12.1 Å². The molecule has 5 heteroatoms. The first-order valence-electron chi connectivity index (χ1n) is 6.36. The molecule has 0 saturated heterocycles. The maximum Gasteiger partial charge on any atom is 0.141 e. The normalized spacial score (nSPS) is 10.9. The molecule has 0 aromatic heterocycles. The fourth-order valence-electron chi connectivity index (χ4n) is 2.33. The highest BCUT2D eigenvalue weighted by molar-refractivity contribution is 14.1. The molecule has 0 unspecified atom stereocenters. The number of phenolic OH excluding ortho intramolecular Hbond substituents is 2. The van der Waals surface area contributed by atoms with Crippen molar-refractivity contribution in [3.8, 4) is 22.6 Å². The van der Waals surface area contributed by atoms with Crippen LogP contribution in [0.15, 0.2) is 22.7 Å². The molecule has 0 fully saturated rings. The molecule has 0 atom stereocenters. The molecule has 0 amide bonds. The van der Waals surface area contributed by atoms with Crippen LogP contribution in [0.5, 0.6) is 11.5 Å². The lowest BCUT2D eigenvalue weighted by Gasteiger charge is -2.18. The molecule has 2 aromatic carbocycles. The number of phenols is 2. The van der Waals surface area contributed by atoms with E-state index in [-0.39, 0.29) is 11.5 Å². The number of benzene rings is 2. The smallest absolute Gasteiger partial charge is 0.141 e. The van der Waals surface area contributed by atoms with E-state index in [1.807, 2.05) is 26.0 Å². The minimum atomic E-state index is 0.0407. The molecule has 0 heterocycles. The first kappa shape index (κ1) is 16.6. The van der Waals surface area contributed by atoms with Crippen molar-refractivity contribution in [2.75, 3.05) is 7.11 Å². The van der Waals surface area contributed by atoms with Crippen molar-refractivity contribution >= 4 is 38.5 Å². The van der Waals surface area contributed by atoms with Gasteiger partial charge in [-0.3, -0.25) is 0 Å². The Morgan fingerprint density at radius 2 is 1.81 bits per heavy atom. The molecule has 0 radical (unpaired) electrons. The standard InChI is InChI=1S/C16H16BrIO3/c1-8-4-5-10(7-21-3)13(9(8)2)14-15(19)11(17)6-12(18)16(14)20/h4-6,19-20H,7H2,1-3H3. The van der Waals surface area contributed by atoms with E-state index < -0.39 is 0 Å². The van der Waals surface area contributed by atoms with Crippen LogP contribution in [0.25, 0.3) is 11.1 Å². The monoisotopic (exact) mass is 462 g/mol. The maximum atomic E-state index is 10.4. The van der Waals surface area contributed by atoms with Gasteiger partial charge in [-0.25, -0.2) is 0 Å². The molecule has 2 N–H and O–H groups in total. The van der Waals surface area contributed by atoms with Gasteiger partial charge in [0, 0.05) is 7.11 Å². The fraction of sp³-hybridized carbons (Fsp3) is 0.250. The minimum Gasteiger partial charge on any atom is -0.506 e. The molecule has 0 aliphatic rings. The molecule has 0 saturated carbocycles. The quantitative estimate of drug-likeness (QED) is 0.638. The molecular weight excluding hydrogens is 447 g/mol. The van der Waals surface area contributed by atoms with Gasteiger partial charge in [0.2, 0.25) is 0 Å². The molecule has 2 aromatic rings. The second-order valence-electron chi connectivity index (χ2n) is 4.89. The Bertz CT molecular complexity index is 672. The van der Waals surface area contributed by atoms with E-state index in [1.165, 1.54) is 0 Å². The van der Waals surface area contributed by atoms with Crippen LogP contribution in [0.4, 0.5) is 0 Å². The van der Waals surface area contributed by atoms with Crippen LogP contribution in [-0.2, 0) is 11.3 Å². The van der Waals surface area contributed by atoms with Crippen molar-refractivity contribution in [3.63, 3.8) is 0 Å². The van der Waals surface area contributed by atoms with Gasteiger partial charge >= 0.3 is 0 Å². The first-order chi connectivity index (χ1) is 9.88. The number of halogens is 2. The Balaban J connectivity index is 2.87. The number of ether oxygens (including phenoxy) is 1. The van der Waals surface area contributed by atoms with Gasteiger partial charge in [0.15, 0.2) is 0 Å². The van der Waals surface area contributed by atoms with E-state index in [9.17, 15) is 10.2 Å². The molecule has 0 bridgehead atoms. The Morgan fingerprint density at radius 3 is 2.43 bits per heavy atom. The molecule has 0 spiro atoms. The lowest BCUT2D eigenvalue weighted by atomic mass is 9.91. The fourth-order valence-corrected chi connectivity index (χ4v) is 3.77. The Labute approximate surface area is 146 Å². The Kier molecular flexibility index (Phi) is 5.16. The number of rotatable bonds is 3. The van der Waals surface area contributed by atoms with Gasteiger partial charge in [0.25, 0.3) is 0 Å². The van der Waals surface area contributed by atoms with Crippen LogP contribution in [0, 0.1) is 17.4 Å². The summed E-state index contributed by atoms with van der Waals surface area (Å²) in [4.78, 5) is 0. The van der Waals surface area contributed by atoms with E-state index in [2.05, 4.69) is 38.5 Å². The average Bonchev–Trinajstić information content (AvgIpc) is 2.44. The zero-order valence-electron chi connectivity index (χ0n) is 12.0. The van der Waals surface area contributed by atoms with Crippen molar-refractivity contribution in [1.82, 2.24) is 0 Å². The summed E-state index contributed by atoms with van der Waals surface area (Å²) in [6, 6.07) is 5.67. The molecule has 112 valence electrons. The SMILES string of the molecule is COCc1ccc(C)c(C)c1-c1c(O)c(Br)cc(I)c1O. The van der Waals surface area contributed by atoms with Gasteiger partial charge in [-0.05, 0) is 80.7 Å². The van der Waals surface area contributed by atoms with Gasteiger partial charge in [-0.15, -0.1) is 0 Å². The molecule has 3 nitrogen and oxygen atoms in total. The highest BCUT2D eigenvalue weighted by Gasteiger charge is 2.21. The number of hydrogen-bond donors (Lipinski definition) is 2. The molecule has 0 aliphatic carbocycles. The summed E-state index contributed by atoms with van der Waals surface area (Å²) >= 11 is 5.39. The van der Waals surface area contributed by atoms with Crippen LogP contribution in [0.1, 0.15) is 16.7 Å². The first-order valence-corrected chi connectivity index (χ1v) is 8.24. The van der Waals surface area contributed by atoms with Crippen LogP contribution in [-0.4, -0.2) is 17.3 Å². The predicted molar refractivity (Wildman–Crippen MR) is 95.8 cm³/mol. The number of methoxy groups -OCH3 is 1. The molecule has 2 rings (SSSR count). The zero-order chi connectivity index (χ0) is 15.7. The van der Waals surface area contributed by atoms with Crippen LogP contribution < -0.4 is 0 Å². The number of aromatic hydroxyl groups is 2. The summed E-state index contributed by atoms with van der Waals surface area (Å²) < 4.78 is 6.48. The van der Waals surface area contributed by atoms with Crippen LogP contribution in [0.2, 0.25) is 0 Å². The maximum absolute atomic E-state index is 10.4. The summed E-state index contributed by atoms with van der Waals surface area (Å²) in [5.74, 6) is 0.126. The van der Waals surface area contributed by atoms with E-state index >= 15 is 0 Å². The highest BCUT2D eigenvalue weighted by atomic mass is 127. The van der Waals surface area contributed by atoms with Crippen molar-refractivity contribution in [2.45, 2.75) is 20.5 Å². The Morgan fingerprint density at radius 1 is 1.14 bits per heavy atom. The van der Waals surface area contributed by atoms with Gasteiger partial charge in [-0.2, -0.15) is 0 Å². The average molecular weight is 463 g/mol. The van der Waals surface area contributed by atoms with Gasteiger partial charge in [0.05, 0.1) is 20.2 Å². The lowest BCUT2D eigenvalue weighted by molar-refractivity contribution is 0.185. The summed E-state index contributed by atoms with van der Waals surface area (Å²) in [6.07, 6.45) is 0. The van der Waals surface area contributed by atoms with Crippen LogP contribution in [0.3, 0.4) is 0 Å². The topological polar surface area (TPSA) is 49.7 Å². The second kappa shape index (κ2) is 6.54. The Hall–Kier alpha value is -0.790. The zero-order valence-corrected chi connectivity index (χ0v) is 15.7.